The van der Waals surface area contributed by atoms with Crippen molar-refractivity contribution in [2.24, 2.45) is 12.5 Å². The zero-order chi connectivity index (χ0) is 17.3. The van der Waals surface area contributed by atoms with Crippen molar-refractivity contribution in [3.05, 3.63) is 24.0 Å². The summed E-state index contributed by atoms with van der Waals surface area (Å²) in [6, 6.07) is 2.18. The van der Waals surface area contributed by atoms with E-state index >= 15 is 0 Å². The quantitative estimate of drug-likeness (QED) is 0.775. The molecule has 2 aliphatic rings. The first-order chi connectivity index (χ1) is 11.4. The molecule has 0 aromatic carbocycles. The smallest absolute Gasteiger partial charge is 0.252 e. The van der Waals surface area contributed by atoms with E-state index in [0.717, 1.165) is 32.2 Å². The van der Waals surface area contributed by atoms with Crippen LogP contribution >= 0.6 is 0 Å². The van der Waals surface area contributed by atoms with Gasteiger partial charge in [-0.25, -0.2) is 0 Å². The number of rotatable bonds is 8. The summed E-state index contributed by atoms with van der Waals surface area (Å²) in [5.41, 5.74) is 0.489. The molecule has 1 aromatic heterocycles. The normalized spacial score (nSPS) is 18.5. The summed E-state index contributed by atoms with van der Waals surface area (Å²) < 4.78 is 1.85. The molecule has 0 bridgehead atoms. The highest BCUT2D eigenvalue weighted by atomic mass is 16.2. The van der Waals surface area contributed by atoms with Crippen LogP contribution in [0.4, 0.5) is 0 Å². The van der Waals surface area contributed by atoms with E-state index in [1.165, 1.54) is 0 Å². The minimum atomic E-state index is -0.171. The van der Waals surface area contributed by atoms with E-state index in [4.69, 9.17) is 0 Å². The van der Waals surface area contributed by atoms with Crippen molar-refractivity contribution >= 4 is 11.8 Å². The van der Waals surface area contributed by atoms with Crippen LogP contribution in [-0.2, 0) is 11.8 Å². The Morgan fingerprint density at radius 3 is 2.54 bits per heavy atom. The summed E-state index contributed by atoms with van der Waals surface area (Å²) in [6.45, 7) is 1.94. The van der Waals surface area contributed by atoms with Gasteiger partial charge in [0.15, 0.2) is 0 Å². The van der Waals surface area contributed by atoms with E-state index in [-0.39, 0.29) is 17.2 Å². The molecule has 0 radical (unpaired) electrons. The van der Waals surface area contributed by atoms with E-state index in [2.05, 4.69) is 10.2 Å². The maximum absolute atomic E-state index is 13.0. The summed E-state index contributed by atoms with van der Waals surface area (Å²) in [6.07, 6.45) is 7.82. The van der Waals surface area contributed by atoms with E-state index in [9.17, 15) is 9.59 Å². The van der Waals surface area contributed by atoms with Crippen LogP contribution < -0.4 is 5.32 Å². The third kappa shape index (κ3) is 3.80. The van der Waals surface area contributed by atoms with Crippen molar-refractivity contribution in [1.29, 1.82) is 0 Å². The Morgan fingerprint density at radius 2 is 2.04 bits per heavy atom. The third-order valence-corrected chi connectivity index (χ3v) is 4.91. The Morgan fingerprint density at radius 1 is 1.33 bits per heavy atom. The van der Waals surface area contributed by atoms with Crippen LogP contribution in [0.2, 0.25) is 0 Å². The lowest BCUT2D eigenvalue weighted by Gasteiger charge is -2.29. The van der Waals surface area contributed by atoms with Crippen LogP contribution in [0.3, 0.4) is 0 Å². The van der Waals surface area contributed by atoms with Gasteiger partial charge in [0.2, 0.25) is 5.91 Å². The molecule has 6 heteroatoms. The second-order valence-corrected chi connectivity index (χ2v) is 7.57. The Balaban J connectivity index is 1.53. The van der Waals surface area contributed by atoms with Gasteiger partial charge in [-0.1, -0.05) is 0 Å². The van der Waals surface area contributed by atoms with Crippen LogP contribution in [0.15, 0.2) is 18.5 Å². The van der Waals surface area contributed by atoms with Crippen molar-refractivity contribution in [2.75, 3.05) is 33.7 Å². The second kappa shape index (κ2) is 6.59. The fraction of sp³-hybridized carbons (Fsp3) is 0.667. The maximum atomic E-state index is 13.0. The number of hydrogen-bond donors (Lipinski definition) is 1. The SMILES string of the molecule is CN(C)CC1(C(=O)N(CCNC(=O)c2ccn(C)c2)C2CC2)CC1. The lowest BCUT2D eigenvalue weighted by atomic mass is 10.0. The van der Waals surface area contributed by atoms with Gasteiger partial charge in [-0.2, -0.15) is 0 Å². The molecule has 2 amide bonds. The molecule has 132 valence electrons. The molecule has 6 nitrogen and oxygen atoms in total. The summed E-state index contributed by atoms with van der Waals surface area (Å²) in [5.74, 6) is 0.209. The number of nitrogens with zero attached hydrogens (tertiary/aromatic N) is 3. The first-order valence-electron chi connectivity index (χ1n) is 8.77. The van der Waals surface area contributed by atoms with Crippen LogP contribution in [0.1, 0.15) is 36.0 Å². The molecule has 0 atom stereocenters. The molecule has 24 heavy (non-hydrogen) atoms. The van der Waals surface area contributed by atoms with E-state index in [0.29, 0.717) is 24.7 Å². The van der Waals surface area contributed by atoms with Gasteiger partial charge in [-0.05, 0) is 45.8 Å². The highest BCUT2D eigenvalue weighted by Gasteiger charge is 2.53. The predicted octanol–water partition coefficient (Wildman–Crippen LogP) is 1.09. The zero-order valence-electron chi connectivity index (χ0n) is 14.9. The van der Waals surface area contributed by atoms with E-state index in [1.54, 1.807) is 12.3 Å². The Labute approximate surface area is 143 Å². The summed E-state index contributed by atoms with van der Waals surface area (Å²) in [4.78, 5) is 29.2. The van der Waals surface area contributed by atoms with Crippen molar-refractivity contribution in [3.63, 3.8) is 0 Å². The predicted molar refractivity (Wildman–Crippen MR) is 92.7 cm³/mol. The van der Waals surface area contributed by atoms with E-state index < -0.39 is 0 Å². The molecular formula is C18H28N4O2. The molecule has 0 spiro atoms. The molecule has 1 heterocycles. The first kappa shape index (κ1) is 17.0. The summed E-state index contributed by atoms with van der Waals surface area (Å²) in [5, 5.41) is 2.94. The average molecular weight is 332 g/mol. The summed E-state index contributed by atoms with van der Waals surface area (Å²) in [7, 11) is 5.94. The Kier molecular flexibility index (Phi) is 4.67. The van der Waals surface area contributed by atoms with Crippen LogP contribution in [0.25, 0.3) is 0 Å². The number of aromatic nitrogens is 1. The monoisotopic (exact) mass is 332 g/mol. The molecule has 0 saturated heterocycles. The Hall–Kier alpha value is -1.82. The number of hydrogen-bond acceptors (Lipinski definition) is 3. The van der Waals surface area contributed by atoms with Gasteiger partial charge in [0.1, 0.15) is 0 Å². The standard InChI is InChI=1S/C18H28N4O2/c1-20(2)13-18(7-8-18)17(24)22(15-4-5-15)11-9-19-16(23)14-6-10-21(3)12-14/h6,10,12,15H,4-5,7-9,11,13H2,1-3H3,(H,19,23). The van der Waals surface area contributed by atoms with Crippen molar-refractivity contribution in [1.82, 2.24) is 19.7 Å². The molecule has 2 saturated carbocycles. The molecule has 2 fully saturated rings. The highest BCUT2D eigenvalue weighted by Crippen LogP contribution is 2.49. The molecule has 1 N–H and O–H groups in total. The van der Waals surface area contributed by atoms with Gasteiger partial charge in [0.25, 0.3) is 5.91 Å². The number of carbonyl (C=O) groups excluding carboxylic acids is 2. The Bertz CT molecular complexity index is 614. The topological polar surface area (TPSA) is 57.6 Å². The number of nitrogens with one attached hydrogen (secondary N) is 1. The largest absolute Gasteiger partial charge is 0.356 e. The van der Waals surface area contributed by atoms with Crippen molar-refractivity contribution in [2.45, 2.75) is 31.7 Å². The van der Waals surface area contributed by atoms with E-state index in [1.807, 2.05) is 36.8 Å². The summed E-state index contributed by atoms with van der Waals surface area (Å²) >= 11 is 0. The van der Waals surface area contributed by atoms with Gasteiger partial charge in [-0.15, -0.1) is 0 Å². The second-order valence-electron chi connectivity index (χ2n) is 7.57. The van der Waals surface area contributed by atoms with Crippen LogP contribution in [-0.4, -0.2) is 66.0 Å². The molecule has 0 aliphatic heterocycles. The first-order valence-corrected chi connectivity index (χ1v) is 8.77. The molecular weight excluding hydrogens is 304 g/mol. The van der Waals surface area contributed by atoms with Gasteiger partial charge in [-0.3, -0.25) is 9.59 Å². The minimum Gasteiger partial charge on any atom is -0.356 e. The van der Waals surface area contributed by atoms with Gasteiger partial charge in [0, 0.05) is 45.1 Å². The zero-order valence-corrected chi connectivity index (χ0v) is 14.9. The third-order valence-electron chi connectivity index (χ3n) is 4.91. The average Bonchev–Trinajstić information content (AvgIpc) is 3.43. The van der Waals surface area contributed by atoms with Crippen LogP contribution in [0.5, 0.6) is 0 Å². The lowest BCUT2D eigenvalue weighted by Crippen LogP contribution is -2.46. The lowest BCUT2D eigenvalue weighted by molar-refractivity contribution is -0.138. The fourth-order valence-corrected chi connectivity index (χ4v) is 3.37. The van der Waals surface area contributed by atoms with Crippen molar-refractivity contribution in [3.8, 4) is 0 Å². The number of amides is 2. The highest BCUT2D eigenvalue weighted by molar-refractivity contribution is 5.94. The molecule has 2 aliphatic carbocycles. The minimum absolute atomic E-state index is 0.0757. The van der Waals surface area contributed by atoms with Gasteiger partial charge >= 0.3 is 0 Å². The number of aryl methyl sites for hydroxylation is 1. The van der Waals surface area contributed by atoms with Gasteiger partial charge in [0.05, 0.1) is 11.0 Å². The fourth-order valence-electron chi connectivity index (χ4n) is 3.37. The molecule has 1 aromatic rings. The molecule has 0 unspecified atom stereocenters. The van der Waals surface area contributed by atoms with Gasteiger partial charge < -0.3 is 19.7 Å². The van der Waals surface area contributed by atoms with Crippen LogP contribution in [0, 0.1) is 5.41 Å². The maximum Gasteiger partial charge on any atom is 0.252 e. The molecule has 3 rings (SSSR count). The number of carbonyl (C=O) groups is 2. The van der Waals surface area contributed by atoms with Crippen molar-refractivity contribution < 1.29 is 9.59 Å².